The molecule has 1 N–H and O–H groups in total. The van der Waals surface area contributed by atoms with Gasteiger partial charge in [-0.2, -0.15) is 0 Å². The van der Waals surface area contributed by atoms with Crippen molar-refractivity contribution in [2.45, 2.75) is 64.8 Å². The molecule has 0 saturated carbocycles. The molecule has 118 valence electrons. The fourth-order valence-corrected chi connectivity index (χ4v) is 2.61. The predicted molar refractivity (Wildman–Crippen MR) is 80.5 cm³/mol. The number of ether oxygens (including phenoxy) is 1. The summed E-state index contributed by atoms with van der Waals surface area (Å²) in [6.45, 7) is 13.1. The first kappa shape index (κ1) is 19.1. The molecular formula is C14H28O5Si. The maximum absolute atomic E-state index is 11.0. The SMILES string of the molecule is CC(OC(=O)O)C(C=O)CCCO[Si](C)(C)C(C)(C)C. The van der Waals surface area contributed by atoms with Crippen LogP contribution in [0.5, 0.6) is 0 Å². The van der Waals surface area contributed by atoms with Crippen molar-refractivity contribution in [1.29, 1.82) is 0 Å². The zero-order chi connectivity index (χ0) is 16.0. The van der Waals surface area contributed by atoms with Gasteiger partial charge in [-0.15, -0.1) is 0 Å². The first-order valence-electron chi connectivity index (χ1n) is 7.00. The van der Waals surface area contributed by atoms with Crippen molar-refractivity contribution in [1.82, 2.24) is 0 Å². The van der Waals surface area contributed by atoms with E-state index in [1.165, 1.54) is 0 Å². The van der Waals surface area contributed by atoms with Gasteiger partial charge >= 0.3 is 6.16 Å². The number of hydrogen-bond donors (Lipinski definition) is 1. The number of carbonyl (C=O) groups excluding carboxylic acids is 1. The summed E-state index contributed by atoms with van der Waals surface area (Å²) in [6, 6.07) is 0. The lowest BCUT2D eigenvalue weighted by atomic mass is 10.00. The minimum atomic E-state index is -1.75. The minimum absolute atomic E-state index is 0.163. The molecule has 0 radical (unpaired) electrons. The van der Waals surface area contributed by atoms with Crippen LogP contribution in [0.15, 0.2) is 0 Å². The molecule has 0 saturated heterocycles. The smallest absolute Gasteiger partial charge is 0.450 e. The lowest BCUT2D eigenvalue weighted by molar-refractivity contribution is -0.114. The van der Waals surface area contributed by atoms with Crippen LogP contribution in [-0.2, 0) is 14.0 Å². The molecule has 0 spiro atoms. The Labute approximate surface area is 122 Å². The maximum Gasteiger partial charge on any atom is 0.506 e. The number of hydrogen-bond acceptors (Lipinski definition) is 4. The molecule has 0 aromatic carbocycles. The summed E-state index contributed by atoms with van der Waals surface area (Å²) in [4.78, 5) is 21.4. The Balaban J connectivity index is 4.16. The molecule has 2 atom stereocenters. The highest BCUT2D eigenvalue weighted by atomic mass is 28.4. The molecule has 2 unspecified atom stereocenters. The molecule has 0 aromatic heterocycles. The largest absolute Gasteiger partial charge is 0.506 e. The zero-order valence-electron chi connectivity index (χ0n) is 13.4. The predicted octanol–water partition coefficient (Wildman–Crippen LogP) is 3.69. The van der Waals surface area contributed by atoms with Crippen LogP contribution in [0.4, 0.5) is 4.79 Å². The molecule has 0 aliphatic carbocycles. The monoisotopic (exact) mass is 304 g/mol. The maximum atomic E-state index is 11.0. The molecule has 20 heavy (non-hydrogen) atoms. The van der Waals surface area contributed by atoms with Crippen molar-refractivity contribution in [3.8, 4) is 0 Å². The summed E-state index contributed by atoms with van der Waals surface area (Å²) in [6.07, 6.45) is 0.107. The molecule has 0 aromatic rings. The van der Waals surface area contributed by atoms with Gasteiger partial charge in [0.1, 0.15) is 12.4 Å². The lowest BCUT2D eigenvalue weighted by Gasteiger charge is -2.36. The van der Waals surface area contributed by atoms with Crippen molar-refractivity contribution >= 4 is 20.8 Å². The Hall–Kier alpha value is -0.883. The van der Waals surface area contributed by atoms with E-state index in [2.05, 4.69) is 38.6 Å². The van der Waals surface area contributed by atoms with Gasteiger partial charge in [-0.1, -0.05) is 20.8 Å². The van der Waals surface area contributed by atoms with E-state index in [0.29, 0.717) is 13.0 Å². The van der Waals surface area contributed by atoms with Gasteiger partial charge in [-0.3, -0.25) is 0 Å². The average Bonchev–Trinajstić information content (AvgIpc) is 2.26. The molecule has 6 heteroatoms. The average molecular weight is 304 g/mol. The Bertz CT molecular complexity index is 322. The molecule has 0 bridgehead atoms. The van der Waals surface area contributed by atoms with Crippen molar-refractivity contribution < 1.29 is 23.9 Å². The first-order chi connectivity index (χ1) is 9.01. The highest BCUT2D eigenvalue weighted by molar-refractivity contribution is 6.74. The fourth-order valence-electron chi connectivity index (χ4n) is 1.52. The Morgan fingerprint density at radius 2 is 1.90 bits per heavy atom. The molecular weight excluding hydrogens is 276 g/mol. The van der Waals surface area contributed by atoms with E-state index in [1.807, 2.05) is 0 Å². The second-order valence-corrected chi connectivity index (χ2v) is 11.4. The number of rotatable bonds is 8. The highest BCUT2D eigenvalue weighted by Crippen LogP contribution is 2.36. The summed E-state index contributed by atoms with van der Waals surface area (Å²) in [5.41, 5.74) is 0. The third kappa shape index (κ3) is 6.52. The second-order valence-electron chi connectivity index (χ2n) is 6.64. The van der Waals surface area contributed by atoms with E-state index < -0.39 is 26.5 Å². The van der Waals surface area contributed by atoms with Gasteiger partial charge in [0.05, 0.1) is 5.92 Å². The number of carboxylic acid groups (broad SMARTS) is 1. The van der Waals surface area contributed by atoms with Crippen LogP contribution in [0.25, 0.3) is 0 Å². The van der Waals surface area contributed by atoms with E-state index in [4.69, 9.17) is 9.53 Å². The minimum Gasteiger partial charge on any atom is -0.450 e. The normalized spacial score (nSPS) is 15.5. The van der Waals surface area contributed by atoms with E-state index >= 15 is 0 Å². The lowest BCUT2D eigenvalue weighted by Crippen LogP contribution is -2.41. The van der Waals surface area contributed by atoms with Crippen LogP contribution in [0.3, 0.4) is 0 Å². The topological polar surface area (TPSA) is 72.8 Å². The van der Waals surface area contributed by atoms with Crippen molar-refractivity contribution in [3.63, 3.8) is 0 Å². The van der Waals surface area contributed by atoms with Gasteiger partial charge in [-0.25, -0.2) is 4.79 Å². The highest BCUT2D eigenvalue weighted by Gasteiger charge is 2.36. The Kier molecular flexibility index (Phi) is 7.44. The fraction of sp³-hybridized carbons (Fsp3) is 0.857. The van der Waals surface area contributed by atoms with Crippen LogP contribution >= 0.6 is 0 Å². The van der Waals surface area contributed by atoms with Crippen LogP contribution in [0.1, 0.15) is 40.5 Å². The Morgan fingerprint density at radius 1 is 1.35 bits per heavy atom. The summed E-state index contributed by atoms with van der Waals surface area (Å²) < 4.78 is 10.6. The molecule has 0 aliphatic rings. The number of carbonyl (C=O) groups is 2. The van der Waals surface area contributed by atoms with Crippen LogP contribution in [0.2, 0.25) is 18.1 Å². The molecule has 5 nitrogen and oxygen atoms in total. The van der Waals surface area contributed by atoms with Crippen LogP contribution < -0.4 is 0 Å². The van der Waals surface area contributed by atoms with Gasteiger partial charge < -0.3 is 19.1 Å². The summed E-state index contributed by atoms with van der Waals surface area (Å²) in [5, 5.41) is 8.70. The third-order valence-electron chi connectivity index (χ3n) is 4.02. The van der Waals surface area contributed by atoms with E-state index in [9.17, 15) is 9.59 Å². The van der Waals surface area contributed by atoms with Crippen molar-refractivity contribution in [2.24, 2.45) is 5.92 Å². The van der Waals surface area contributed by atoms with Gasteiger partial charge in [0.25, 0.3) is 0 Å². The van der Waals surface area contributed by atoms with Crippen molar-refractivity contribution in [3.05, 3.63) is 0 Å². The molecule has 0 heterocycles. The Morgan fingerprint density at radius 3 is 2.30 bits per heavy atom. The molecule has 0 aliphatic heterocycles. The molecule has 0 fully saturated rings. The number of aldehydes is 1. The molecule has 0 amide bonds. The quantitative estimate of drug-likeness (QED) is 0.320. The van der Waals surface area contributed by atoms with Crippen LogP contribution in [-0.4, -0.2) is 38.6 Å². The van der Waals surface area contributed by atoms with Gasteiger partial charge in [0, 0.05) is 6.61 Å². The van der Waals surface area contributed by atoms with Gasteiger partial charge in [0.2, 0.25) is 0 Å². The third-order valence-corrected chi connectivity index (χ3v) is 8.55. The summed E-state index contributed by atoms with van der Waals surface area (Å²) in [7, 11) is -1.75. The van der Waals surface area contributed by atoms with Crippen LogP contribution in [0, 0.1) is 5.92 Å². The standard InChI is InChI=1S/C14H28O5Si/c1-11(19-13(16)17)12(10-15)8-7-9-18-20(5,6)14(2,3)4/h10-12H,7-9H2,1-6H3,(H,16,17). The molecule has 0 rings (SSSR count). The van der Waals surface area contributed by atoms with Gasteiger partial charge in [-0.05, 0) is 37.9 Å². The van der Waals surface area contributed by atoms with Gasteiger partial charge in [0.15, 0.2) is 8.32 Å². The second kappa shape index (κ2) is 7.78. The van der Waals surface area contributed by atoms with E-state index in [0.717, 1.165) is 12.7 Å². The first-order valence-corrected chi connectivity index (χ1v) is 9.91. The van der Waals surface area contributed by atoms with E-state index in [-0.39, 0.29) is 5.04 Å². The van der Waals surface area contributed by atoms with E-state index in [1.54, 1.807) is 6.92 Å². The van der Waals surface area contributed by atoms with Crippen molar-refractivity contribution in [2.75, 3.05) is 6.61 Å². The summed E-state index contributed by atoms with van der Waals surface area (Å²) >= 11 is 0. The summed E-state index contributed by atoms with van der Waals surface area (Å²) in [5.74, 6) is -0.408. The zero-order valence-corrected chi connectivity index (χ0v) is 14.4.